The fourth-order valence-electron chi connectivity index (χ4n) is 4.42. The second-order valence-corrected chi connectivity index (χ2v) is 9.87. The maximum atomic E-state index is 14.8. The van der Waals surface area contributed by atoms with Crippen LogP contribution in [0.15, 0.2) is 53.6 Å². The van der Waals surface area contributed by atoms with Crippen molar-refractivity contribution < 1.29 is 18.7 Å². The van der Waals surface area contributed by atoms with E-state index in [2.05, 4.69) is 20.7 Å². The van der Waals surface area contributed by atoms with Crippen LogP contribution in [0.25, 0.3) is 5.69 Å². The zero-order chi connectivity index (χ0) is 26.0. The van der Waals surface area contributed by atoms with Crippen molar-refractivity contribution in [2.24, 2.45) is 0 Å². The molecule has 2 aliphatic rings. The van der Waals surface area contributed by atoms with E-state index >= 15 is 0 Å². The summed E-state index contributed by atoms with van der Waals surface area (Å²) in [6, 6.07) is 10.8. The molecule has 9 nitrogen and oxygen atoms in total. The summed E-state index contributed by atoms with van der Waals surface area (Å²) >= 11 is 6.27. The molecular formula is C26H27ClFN5O4. The highest BCUT2D eigenvalue weighted by molar-refractivity contribution is 6.32. The standard InChI is InChI=1S/C26H27ClFN5O4/c1-17(34)32-26(10-11-26)18-3-6-20(7-4-18)37-22-8-5-19(13-29-22)33-24(35)23(27)21(14-31-33)30-15-25(28)9-2-12-36-16-25/h3-8,13-14,30H,2,9-12,15-16H2,1H3,(H,32,34)/t25-/m0/s1. The average molecular weight is 528 g/mol. The number of hydrogen-bond acceptors (Lipinski definition) is 7. The van der Waals surface area contributed by atoms with Crippen molar-refractivity contribution >= 4 is 23.2 Å². The van der Waals surface area contributed by atoms with Crippen molar-refractivity contribution in [3.8, 4) is 17.3 Å². The van der Waals surface area contributed by atoms with Gasteiger partial charge in [-0.3, -0.25) is 9.59 Å². The highest BCUT2D eigenvalue weighted by Gasteiger charge is 2.45. The molecule has 1 aliphatic heterocycles. The lowest BCUT2D eigenvalue weighted by Crippen LogP contribution is -2.40. The van der Waals surface area contributed by atoms with Gasteiger partial charge in [0.25, 0.3) is 5.56 Å². The molecule has 3 aromatic rings. The number of anilines is 1. The first kappa shape index (κ1) is 25.2. The van der Waals surface area contributed by atoms with Gasteiger partial charge in [0, 0.05) is 19.6 Å². The van der Waals surface area contributed by atoms with Crippen molar-refractivity contribution in [1.82, 2.24) is 20.1 Å². The fraction of sp³-hybridized carbons (Fsp3) is 0.385. The molecule has 2 N–H and O–H groups in total. The van der Waals surface area contributed by atoms with Gasteiger partial charge in [-0.25, -0.2) is 9.37 Å². The summed E-state index contributed by atoms with van der Waals surface area (Å²) in [5.74, 6) is 0.871. The van der Waals surface area contributed by atoms with Crippen LogP contribution < -0.4 is 20.9 Å². The molecule has 0 bridgehead atoms. The Bertz CT molecular complexity index is 1340. The molecule has 5 rings (SSSR count). The Morgan fingerprint density at radius 1 is 1.19 bits per heavy atom. The lowest BCUT2D eigenvalue weighted by atomic mass is 9.99. The van der Waals surface area contributed by atoms with E-state index in [1.807, 2.05) is 24.3 Å². The van der Waals surface area contributed by atoms with Gasteiger partial charge in [-0.15, -0.1) is 0 Å². The Morgan fingerprint density at radius 2 is 1.97 bits per heavy atom. The minimum absolute atomic E-state index is 0.00416. The molecule has 0 spiro atoms. The quantitative estimate of drug-likeness (QED) is 0.453. The first-order valence-corrected chi connectivity index (χ1v) is 12.5. The summed E-state index contributed by atoms with van der Waals surface area (Å²) in [6.45, 7) is 2.05. The summed E-state index contributed by atoms with van der Waals surface area (Å²) in [4.78, 5) is 28.5. The van der Waals surface area contributed by atoms with Crippen LogP contribution in [-0.2, 0) is 15.1 Å². The Balaban J connectivity index is 1.24. The van der Waals surface area contributed by atoms with Gasteiger partial charge in [-0.05, 0) is 49.4 Å². The molecule has 37 heavy (non-hydrogen) atoms. The zero-order valence-electron chi connectivity index (χ0n) is 20.3. The number of halogens is 2. The number of carbonyl (C=O) groups is 1. The summed E-state index contributed by atoms with van der Waals surface area (Å²) in [5.41, 5.74) is -0.649. The molecule has 0 radical (unpaired) electrons. The van der Waals surface area contributed by atoms with Crippen LogP contribution in [0.2, 0.25) is 5.02 Å². The highest BCUT2D eigenvalue weighted by Crippen LogP contribution is 2.45. The van der Waals surface area contributed by atoms with Gasteiger partial charge < -0.3 is 20.1 Å². The SMILES string of the molecule is CC(=O)NC1(c2ccc(Oc3ccc(-n4ncc(NC[C@@]5(F)CCCOC5)c(Cl)c4=O)cn3)cc2)CC1. The molecule has 2 fully saturated rings. The van der Waals surface area contributed by atoms with Crippen molar-refractivity contribution in [3.05, 3.63) is 69.7 Å². The van der Waals surface area contributed by atoms with Crippen LogP contribution in [-0.4, -0.2) is 46.1 Å². The van der Waals surface area contributed by atoms with Gasteiger partial charge in [0.05, 0.1) is 42.5 Å². The molecule has 0 unspecified atom stereocenters. The van der Waals surface area contributed by atoms with Gasteiger partial charge in [-0.2, -0.15) is 9.78 Å². The average Bonchev–Trinajstić information content (AvgIpc) is 3.66. The van der Waals surface area contributed by atoms with Crippen LogP contribution in [0.4, 0.5) is 10.1 Å². The van der Waals surface area contributed by atoms with Crippen LogP contribution in [0.5, 0.6) is 11.6 Å². The third kappa shape index (κ3) is 5.60. The van der Waals surface area contributed by atoms with Crippen molar-refractivity contribution in [1.29, 1.82) is 0 Å². The normalized spacial score (nSPS) is 20.2. The number of pyridine rings is 1. The number of ether oxygens (including phenoxy) is 2. The molecule has 1 amide bonds. The van der Waals surface area contributed by atoms with Gasteiger partial charge in [-0.1, -0.05) is 23.7 Å². The Morgan fingerprint density at radius 3 is 2.59 bits per heavy atom. The molecule has 11 heteroatoms. The van der Waals surface area contributed by atoms with Crippen molar-refractivity contribution in [2.75, 3.05) is 25.1 Å². The predicted octanol–water partition coefficient (Wildman–Crippen LogP) is 4.13. The number of aromatic nitrogens is 3. The molecule has 1 aromatic carbocycles. The summed E-state index contributed by atoms with van der Waals surface area (Å²) in [5, 5.41) is 9.97. The van der Waals surface area contributed by atoms with E-state index in [1.165, 1.54) is 19.3 Å². The van der Waals surface area contributed by atoms with Crippen LogP contribution >= 0.6 is 11.6 Å². The van der Waals surface area contributed by atoms with E-state index in [1.54, 1.807) is 12.1 Å². The number of benzene rings is 1. The number of rotatable bonds is 8. The molecule has 1 saturated heterocycles. The van der Waals surface area contributed by atoms with Gasteiger partial charge in [0.2, 0.25) is 11.8 Å². The molecule has 1 atom stereocenters. The zero-order valence-corrected chi connectivity index (χ0v) is 21.1. The van der Waals surface area contributed by atoms with E-state index in [4.69, 9.17) is 21.1 Å². The Kier molecular flexibility index (Phi) is 6.87. The Labute approximate surface area is 218 Å². The maximum Gasteiger partial charge on any atom is 0.292 e. The highest BCUT2D eigenvalue weighted by atomic mass is 35.5. The lowest BCUT2D eigenvalue weighted by Gasteiger charge is -2.29. The largest absolute Gasteiger partial charge is 0.439 e. The van der Waals surface area contributed by atoms with Crippen LogP contribution in [0.1, 0.15) is 38.2 Å². The van der Waals surface area contributed by atoms with Gasteiger partial charge in [0.1, 0.15) is 10.8 Å². The number of nitrogens with one attached hydrogen (secondary N) is 2. The van der Waals surface area contributed by atoms with E-state index in [-0.39, 0.29) is 35.3 Å². The number of hydrogen-bond donors (Lipinski definition) is 2. The number of amides is 1. The summed E-state index contributed by atoms with van der Waals surface area (Å²) < 4.78 is 26.9. The third-order valence-corrected chi connectivity index (χ3v) is 6.91. The molecule has 194 valence electrons. The van der Waals surface area contributed by atoms with Crippen LogP contribution in [0, 0.1) is 0 Å². The number of carbonyl (C=O) groups excluding carboxylic acids is 1. The first-order chi connectivity index (χ1) is 17.8. The molecular weight excluding hydrogens is 501 g/mol. The van der Waals surface area contributed by atoms with Gasteiger partial charge in [0.15, 0.2) is 5.67 Å². The van der Waals surface area contributed by atoms with Gasteiger partial charge >= 0.3 is 0 Å². The summed E-state index contributed by atoms with van der Waals surface area (Å²) in [7, 11) is 0. The second kappa shape index (κ2) is 10.1. The molecule has 1 saturated carbocycles. The smallest absolute Gasteiger partial charge is 0.292 e. The lowest BCUT2D eigenvalue weighted by molar-refractivity contribution is -0.120. The topological polar surface area (TPSA) is 107 Å². The molecule has 3 heterocycles. The van der Waals surface area contributed by atoms with Crippen LogP contribution in [0.3, 0.4) is 0 Å². The minimum atomic E-state index is -1.51. The van der Waals surface area contributed by atoms with E-state index < -0.39 is 11.2 Å². The van der Waals surface area contributed by atoms with E-state index in [0.717, 1.165) is 23.1 Å². The maximum absolute atomic E-state index is 14.8. The Hall–Kier alpha value is -3.50. The third-order valence-electron chi connectivity index (χ3n) is 6.55. The second-order valence-electron chi connectivity index (χ2n) is 9.49. The van der Waals surface area contributed by atoms with Crippen molar-refractivity contribution in [2.45, 2.75) is 43.8 Å². The van der Waals surface area contributed by atoms with E-state index in [9.17, 15) is 14.0 Å². The minimum Gasteiger partial charge on any atom is -0.439 e. The monoisotopic (exact) mass is 527 g/mol. The van der Waals surface area contributed by atoms with E-state index in [0.29, 0.717) is 36.8 Å². The summed E-state index contributed by atoms with van der Waals surface area (Å²) in [6.07, 6.45) is 5.68. The number of nitrogens with zero attached hydrogens (tertiary/aromatic N) is 3. The molecule has 1 aliphatic carbocycles. The first-order valence-electron chi connectivity index (χ1n) is 12.1. The fourth-order valence-corrected chi connectivity index (χ4v) is 4.62. The number of alkyl halides is 1. The van der Waals surface area contributed by atoms with Crippen molar-refractivity contribution in [3.63, 3.8) is 0 Å². The molecule has 2 aromatic heterocycles. The predicted molar refractivity (Wildman–Crippen MR) is 136 cm³/mol.